The van der Waals surface area contributed by atoms with Crippen LogP contribution in [0.4, 0.5) is 4.39 Å². The third-order valence-corrected chi connectivity index (χ3v) is 6.12. The molecule has 0 atom stereocenters. The Kier molecular flexibility index (Phi) is 6.61. The van der Waals surface area contributed by atoms with E-state index in [2.05, 4.69) is 5.32 Å². The van der Waals surface area contributed by atoms with Gasteiger partial charge in [-0.2, -0.15) is 4.31 Å². The van der Waals surface area contributed by atoms with E-state index < -0.39 is 21.7 Å². The van der Waals surface area contributed by atoms with Crippen LogP contribution in [0.15, 0.2) is 53.4 Å². The number of morpholine rings is 1. The predicted octanol–water partition coefficient (Wildman–Crippen LogP) is 1.66. The number of nitrogens with one attached hydrogen (secondary N) is 1. The van der Waals surface area contributed by atoms with E-state index in [0.29, 0.717) is 32.1 Å². The first kappa shape index (κ1) is 20.2. The molecule has 150 valence electrons. The molecule has 2 aromatic carbocycles. The first-order valence-corrected chi connectivity index (χ1v) is 10.3. The van der Waals surface area contributed by atoms with Crippen molar-refractivity contribution in [3.63, 3.8) is 0 Å². The Hall–Kier alpha value is -2.49. The lowest BCUT2D eigenvalue weighted by molar-refractivity contribution is 0.0730. The van der Waals surface area contributed by atoms with Crippen molar-refractivity contribution < 1.29 is 27.1 Å². The third kappa shape index (κ3) is 4.86. The zero-order chi connectivity index (χ0) is 20.0. The van der Waals surface area contributed by atoms with Crippen LogP contribution in [0.3, 0.4) is 0 Å². The summed E-state index contributed by atoms with van der Waals surface area (Å²) < 4.78 is 50.7. The summed E-state index contributed by atoms with van der Waals surface area (Å²) in [6, 6.07) is 11.8. The van der Waals surface area contributed by atoms with Crippen molar-refractivity contribution in [2.45, 2.75) is 4.90 Å². The molecule has 1 N–H and O–H groups in total. The Morgan fingerprint density at radius 2 is 1.79 bits per heavy atom. The van der Waals surface area contributed by atoms with E-state index in [9.17, 15) is 17.6 Å². The predicted molar refractivity (Wildman–Crippen MR) is 100 cm³/mol. The number of amides is 1. The topological polar surface area (TPSA) is 84.9 Å². The average Bonchev–Trinajstić information content (AvgIpc) is 2.72. The summed E-state index contributed by atoms with van der Waals surface area (Å²) in [5.41, 5.74) is -0.0276. The lowest BCUT2D eigenvalue weighted by Gasteiger charge is -2.26. The highest BCUT2D eigenvalue weighted by atomic mass is 32.2. The van der Waals surface area contributed by atoms with Crippen LogP contribution in [0, 0.1) is 5.82 Å². The number of benzene rings is 2. The van der Waals surface area contributed by atoms with Crippen molar-refractivity contribution in [1.29, 1.82) is 0 Å². The van der Waals surface area contributed by atoms with Crippen LogP contribution in [-0.2, 0) is 14.8 Å². The Morgan fingerprint density at radius 3 is 2.46 bits per heavy atom. The summed E-state index contributed by atoms with van der Waals surface area (Å²) in [5.74, 6) is -0.632. The van der Waals surface area contributed by atoms with E-state index in [-0.39, 0.29) is 23.6 Å². The molecule has 1 fully saturated rings. The van der Waals surface area contributed by atoms with Gasteiger partial charge in [-0.3, -0.25) is 4.79 Å². The van der Waals surface area contributed by atoms with Gasteiger partial charge in [-0.05, 0) is 36.4 Å². The quantitative estimate of drug-likeness (QED) is 0.705. The van der Waals surface area contributed by atoms with Crippen molar-refractivity contribution in [2.75, 3.05) is 39.5 Å². The number of halogens is 1. The van der Waals surface area contributed by atoms with E-state index >= 15 is 0 Å². The van der Waals surface area contributed by atoms with Crippen molar-refractivity contribution in [3.8, 4) is 5.75 Å². The molecule has 28 heavy (non-hydrogen) atoms. The Morgan fingerprint density at radius 1 is 1.11 bits per heavy atom. The summed E-state index contributed by atoms with van der Waals surface area (Å²) in [4.78, 5) is 12.1. The average molecular weight is 408 g/mol. The van der Waals surface area contributed by atoms with Crippen LogP contribution in [0.25, 0.3) is 0 Å². The fraction of sp³-hybridized carbons (Fsp3) is 0.316. The Balaban J connectivity index is 1.49. The molecule has 2 aromatic rings. The van der Waals surface area contributed by atoms with E-state index in [1.165, 1.54) is 34.6 Å². The minimum Gasteiger partial charge on any atom is -0.492 e. The SMILES string of the molecule is O=C(NCCOc1ccc(S(=O)(=O)N2CCOCC2)cc1)c1ccccc1F. The smallest absolute Gasteiger partial charge is 0.254 e. The highest BCUT2D eigenvalue weighted by Gasteiger charge is 2.26. The first-order chi connectivity index (χ1) is 13.5. The number of hydrogen-bond acceptors (Lipinski definition) is 5. The molecular formula is C19H21FN2O5S. The Bertz CT molecular complexity index is 912. The zero-order valence-electron chi connectivity index (χ0n) is 15.1. The highest BCUT2D eigenvalue weighted by molar-refractivity contribution is 7.89. The molecule has 1 aliphatic rings. The second kappa shape index (κ2) is 9.13. The molecule has 7 nitrogen and oxygen atoms in total. The van der Waals surface area contributed by atoms with Gasteiger partial charge in [0.25, 0.3) is 5.91 Å². The van der Waals surface area contributed by atoms with Gasteiger partial charge in [0.05, 0.1) is 30.2 Å². The maximum Gasteiger partial charge on any atom is 0.254 e. The Labute approximate surface area is 163 Å². The second-order valence-corrected chi connectivity index (χ2v) is 8.01. The molecule has 9 heteroatoms. The maximum atomic E-state index is 13.5. The van der Waals surface area contributed by atoms with E-state index in [1.807, 2.05) is 0 Å². The summed E-state index contributed by atoms with van der Waals surface area (Å²) in [6.45, 7) is 1.79. The molecule has 0 unspecified atom stereocenters. The van der Waals surface area contributed by atoms with Crippen molar-refractivity contribution in [2.24, 2.45) is 0 Å². The summed E-state index contributed by atoms with van der Waals surface area (Å²) in [6.07, 6.45) is 0. The van der Waals surface area contributed by atoms with Crippen molar-refractivity contribution in [3.05, 3.63) is 59.9 Å². The maximum absolute atomic E-state index is 13.5. The van der Waals surface area contributed by atoms with E-state index in [0.717, 1.165) is 0 Å². The minimum atomic E-state index is -3.54. The summed E-state index contributed by atoms with van der Waals surface area (Å²) in [7, 11) is -3.54. The molecule has 1 saturated heterocycles. The van der Waals surface area contributed by atoms with Gasteiger partial charge < -0.3 is 14.8 Å². The molecule has 1 amide bonds. The number of carbonyl (C=O) groups excluding carboxylic acids is 1. The molecule has 1 aliphatic heterocycles. The molecule has 3 rings (SSSR count). The number of sulfonamides is 1. The van der Waals surface area contributed by atoms with Gasteiger partial charge >= 0.3 is 0 Å². The first-order valence-electron chi connectivity index (χ1n) is 8.82. The van der Waals surface area contributed by atoms with Gasteiger partial charge in [-0.1, -0.05) is 12.1 Å². The monoisotopic (exact) mass is 408 g/mol. The molecule has 0 aromatic heterocycles. The zero-order valence-corrected chi connectivity index (χ0v) is 16.0. The number of rotatable bonds is 7. The summed E-state index contributed by atoms with van der Waals surface area (Å²) in [5, 5.41) is 2.57. The van der Waals surface area contributed by atoms with Crippen LogP contribution in [0.2, 0.25) is 0 Å². The van der Waals surface area contributed by atoms with Crippen LogP contribution in [0.5, 0.6) is 5.75 Å². The van der Waals surface area contributed by atoms with Gasteiger partial charge in [0.15, 0.2) is 0 Å². The summed E-state index contributed by atoms with van der Waals surface area (Å²) >= 11 is 0. The van der Waals surface area contributed by atoms with Crippen LogP contribution < -0.4 is 10.1 Å². The van der Waals surface area contributed by atoms with Gasteiger partial charge in [0.2, 0.25) is 10.0 Å². The number of nitrogens with zero attached hydrogens (tertiary/aromatic N) is 1. The molecule has 0 saturated carbocycles. The fourth-order valence-electron chi connectivity index (χ4n) is 2.72. The number of carbonyl (C=O) groups is 1. The molecule has 1 heterocycles. The highest BCUT2D eigenvalue weighted by Crippen LogP contribution is 2.20. The van der Waals surface area contributed by atoms with Crippen molar-refractivity contribution in [1.82, 2.24) is 9.62 Å². The second-order valence-electron chi connectivity index (χ2n) is 6.07. The molecular weight excluding hydrogens is 387 g/mol. The van der Waals surface area contributed by atoms with Crippen LogP contribution >= 0.6 is 0 Å². The van der Waals surface area contributed by atoms with E-state index in [4.69, 9.17) is 9.47 Å². The van der Waals surface area contributed by atoms with Gasteiger partial charge in [-0.25, -0.2) is 12.8 Å². The lowest BCUT2D eigenvalue weighted by Crippen LogP contribution is -2.40. The normalized spacial score (nSPS) is 15.2. The van der Waals surface area contributed by atoms with Crippen LogP contribution in [0.1, 0.15) is 10.4 Å². The molecule has 0 spiro atoms. The fourth-order valence-corrected chi connectivity index (χ4v) is 4.13. The molecule has 0 aliphatic carbocycles. The lowest BCUT2D eigenvalue weighted by atomic mass is 10.2. The van der Waals surface area contributed by atoms with Crippen molar-refractivity contribution >= 4 is 15.9 Å². The number of hydrogen-bond donors (Lipinski definition) is 1. The minimum absolute atomic E-state index is 0.0276. The number of ether oxygens (including phenoxy) is 2. The van der Waals surface area contributed by atoms with Gasteiger partial charge in [0, 0.05) is 13.1 Å². The van der Waals surface area contributed by atoms with Gasteiger partial charge in [0.1, 0.15) is 18.2 Å². The molecule has 0 radical (unpaired) electrons. The third-order valence-electron chi connectivity index (χ3n) is 4.21. The standard InChI is InChI=1S/C19H21FN2O5S/c20-18-4-2-1-3-17(18)19(23)21-9-12-27-15-5-7-16(8-6-15)28(24,25)22-10-13-26-14-11-22/h1-8H,9-14H2,(H,21,23). The van der Waals surface area contributed by atoms with E-state index in [1.54, 1.807) is 18.2 Å². The molecule has 0 bridgehead atoms. The largest absolute Gasteiger partial charge is 0.492 e. The van der Waals surface area contributed by atoms with Crippen LogP contribution in [-0.4, -0.2) is 58.1 Å². The van der Waals surface area contributed by atoms with Gasteiger partial charge in [-0.15, -0.1) is 0 Å².